The fourth-order valence-electron chi connectivity index (χ4n) is 2.69. The molecule has 0 radical (unpaired) electrons. The second-order valence-electron chi connectivity index (χ2n) is 6.41. The molecule has 2 aromatic carbocycles. The lowest BCUT2D eigenvalue weighted by Gasteiger charge is -2.13. The van der Waals surface area contributed by atoms with Gasteiger partial charge in [0.2, 0.25) is 0 Å². The molecule has 7 heteroatoms. The number of carbonyl (C=O) groups is 1. The van der Waals surface area contributed by atoms with Crippen molar-refractivity contribution in [2.24, 2.45) is 4.99 Å². The van der Waals surface area contributed by atoms with Crippen LogP contribution in [0.4, 0.5) is 0 Å². The molecule has 3 N–H and O–H groups in total. The molecule has 0 saturated carbocycles. The van der Waals surface area contributed by atoms with Crippen LogP contribution in [0.5, 0.6) is 5.75 Å². The Morgan fingerprint density at radius 3 is 2.41 bits per heavy atom. The minimum absolute atomic E-state index is 0. The van der Waals surface area contributed by atoms with Crippen LogP contribution in [0, 0.1) is 0 Å². The van der Waals surface area contributed by atoms with E-state index in [9.17, 15) is 4.79 Å². The van der Waals surface area contributed by atoms with E-state index in [1.165, 1.54) is 5.56 Å². The summed E-state index contributed by atoms with van der Waals surface area (Å²) in [7, 11) is 3.41. The summed E-state index contributed by atoms with van der Waals surface area (Å²) < 4.78 is 5.18. The molecular formula is C22H31IN4O2. The van der Waals surface area contributed by atoms with Gasteiger partial charge in [0.1, 0.15) is 5.75 Å². The third-order valence-corrected chi connectivity index (χ3v) is 4.27. The highest BCUT2D eigenvalue weighted by Crippen LogP contribution is 2.11. The number of halogens is 1. The maximum atomic E-state index is 12.1. The molecule has 2 rings (SSSR count). The van der Waals surface area contributed by atoms with E-state index in [0.717, 1.165) is 36.7 Å². The van der Waals surface area contributed by atoms with Crippen LogP contribution in [0.2, 0.25) is 0 Å². The van der Waals surface area contributed by atoms with Crippen molar-refractivity contribution < 1.29 is 9.53 Å². The van der Waals surface area contributed by atoms with Crippen LogP contribution in [0.25, 0.3) is 0 Å². The first-order valence-corrected chi connectivity index (χ1v) is 9.60. The first kappa shape index (κ1) is 24.7. The van der Waals surface area contributed by atoms with Gasteiger partial charge < -0.3 is 20.7 Å². The highest BCUT2D eigenvalue weighted by atomic mass is 127. The number of amides is 1. The molecule has 0 bridgehead atoms. The van der Waals surface area contributed by atoms with E-state index in [1.807, 2.05) is 43.3 Å². The summed E-state index contributed by atoms with van der Waals surface area (Å²) in [5, 5.41) is 9.50. The molecule has 2 aromatic rings. The monoisotopic (exact) mass is 510 g/mol. The second kappa shape index (κ2) is 13.8. The van der Waals surface area contributed by atoms with Gasteiger partial charge in [0.25, 0.3) is 5.91 Å². The number of hydrogen-bond acceptors (Lipinski definition) is 3. The second-order valence-corrected chi connectivity index (χ2v) is 6.41. The van der Waals surface area contributed by atoms with E-state index in [2.05, 4.69) is 33.1 Å². The summed E-state index contributed by atoms with van der Waals surface area (Å²) in [4.78, 5) is 16.3. The molecule has 0 saturated heterocycles. The van der Waals surface area contributed by atoms with Crippen molar-refractivity contribution in [2.75, 3.05) is 27.2 Å². The van der Waals surface area contributed by atoms with Crippen LogP contribution < -0.4 is 20.7 Å². The molecule has 0 aliphatic rings. The van der Waals surface area contributed by atoms with Gasteiger partial charge in [-0.2, -0.15) is 0 Å². The van der Waals surface area contributed by atoms with Crippen LogP contribution in [-0.4, -0.2) is 39.1 Å². The average molecular weight is 510 g/mol. The standard InChI is InChI=1S/C22H30N4O2.HI/c1-4-13-24-21(27)19-7-5-6-18(15-19)16-26-22(23-2)25-14-12-17-8-10-20(28-3)11-9-17;/h5-11,15H,4,12-14,16H2,1-3H3,(H,24,27)(H2,23,25,26);1H. The summed E-state index contributed by atoms with van der Waals surface area (Å²) in [6.45, 7) is 4.09. The summed E-state index contributed by atoms with van der Waals surface area (Å²) in [5.41, 5.74) is 2.94. The van der Waals surface area contributed by atoms with Gasteiger partial charge in [0, 0.05) is 32.2 Å². The van der Waals surface area contributed by atoms with Crippen molar-refractivity contribution in [3.8, 4) is 5.75 Å². The topological polar surface area (TPSA) is 74.8 Å². The van der Waals surface area contributed by atoms with Gasteiger partial charge in [0.15, 0.2) is 5.96 Å². The predicted octanol–water partition coefficient (Wildman–Crippen LogP) is 3.36. The predicted molar refractivity (Wildman–Crippen MR) is 129 cm³/mol. The minimum atomic E-state index is -0.0364. The Bertz CT molecular complexity index is 779. The van der Waals surface area contributed by atoms with Gasteiger partial charge in [-0.3, -0.25) is 9.79 Å². The Labute approximate surface area is 190 Å². The maximum absolute atomic E-state index is 12.1. The molecule has 0 aromatic heterocycles. The van der Waals surface area contributed by atoms with Gasteiger partial charge in [-0.05, 0) is 48.2 Å². The number of nitrogens with zero attached hydrogens (tertiary/aromatic N) is 1. The lowest BCUT2D eigenvalue weighted by Crippen LogP contribution is -2.37. The number of rotatable bonds is 9. The molecule has 29 heavy (non-hydrogen) atoms. The van der Waals surface area contributed by atoms with Crippen molar-refractivity contribution >= 4 is 35.8 Å². The Hall–Kier alpha value is -2.29. The lowest BCUT2D eigenvalue weighted by atomic mass is 10.1. The molecular weight excluding hydrogens is 479 g/mol. The number of aliphatic imine (C=N–C) groups is 1. The number of nitrogens with one attached hydrogen (secondary N) is 3. The highest BCUT2D eigenvalue weighted by molar-refractivity contribution is 14.0. The summed E-state index contributed by atoms with van der Waals surface area (Å²) in [5.74, 6) is 1.56. The van der Waals surface area contributed by atoms with E-state index in [4.69, 9.17) is 4.74 Å². The zero-order valence-electron chi connectivity index (χ0n) is 17.3. The number of ether oxygens (including phenoxy) is 1. The summed E-state index contributed by atoms with van der Waals surface area (Å²) >= 11 is 0. The van der Waals surface area contributed by atoms with Gasteiger partial charge in [-0.15, -0.1) is 24.0 Å². The molecule has 158 valence electrons. The molecule has 0 atom stereocenters. The maximum Gasteiger partial charge on any atom is 0.251 e. The molecule has 0 spiro atoms. The molecule has 6 nitrogen and oxygen atoms in total. The van der Waals surface area contributed by atoms with Crippen LogP contribution in [-0.2, 0) is 13.0 Å². The Kier molecular flexibility index (Phi) is 11.8. The van der Waals surface area contributed by atoms with Crippen molar-refractivity contribution in [3.63, 3.8) is 0 Å². The number of benzene rings is 2. The van der Waals surface area contributed by atoms with Crippen LogP contribution >= 0.6 is 24.0 Å². The quantitative estimate of drug-likeness (QED) is 0.275. The summed E-state index contributed by atoms with van der Waals surface area (Å²) in [6.07, 6.45) is 1.81. The first-order valence-electron chi connectivity index (χ1n) is 9.60. The number of guanidine groups is 1. The molecule has 0 unspecified atom stereocenters. The third kappa shape index (κ3) is 8.72. The van der Waals surface area contributed by atoms with Crippen LogP contribution in [0.3, 0.4) is 0 Å². The van der Waals surface area contributed by atoms with Gasteiger partial charge in [-0.25, -0.2) is 0 Å². The lowest BCUT2D eigenvalue weighted by molar-refractivity contribution is 0.0953. The Morgan fingerprint density at radius 2 is 1.76 bits per heavy atom. The van der Waals surface area contributed by atoms with Gasteiger partial charge in [-0.1, -0.05) is 31.2 Å². The van der Waals surface area contributed by atoms with Crippen molar-refractivity contribution in [1.29, 1.82) is 0 Å². The van der Waals surface area contributed by atoms with Crippen molar-refractivity contribution in [3.05, 3.63) is 65.2 Å². The fraction of sp³-hybridized carbons (Fsp3) is 0.364. The number of hydrogen-bond donors (Lipinski definition) is 3. The minimum Gasteiger partial charge on any atom is -0.497 e. The highest BCUT2D eigenvalue weighted by Gasteiger charge is 2.06. The zero-order valence-corrected chi connectivity index (χ0v) is 19.7. The zero-order chi connectivity index (χ0) is 20.2. The van der Waals surface area contributed by atoms with E-state index < -0.39 is 0 Å². The van der Waals surface area contributed by atoms with E-state index in [1.54, 1.807) is 14.2 Å². The molecule has 0 fully saturated rings. The fourth-order valence-corrected chi connectivity index (χ4v) is 2.69. The van der Waals surface area contributed by atoms with E-state index in [0.29, 0.717) is 18.7 Å². The SMILES string of the molecule is CCCNC(=O)c1cccc(CNC(=NC)NCCc2ccc(OC)cc2)c1.I. The largest absolute Gasteiger partial charge is 0.497 e. The van der Waals surface area contributed by atoms with E-state index >= 15 is 0 Å². The first-order chi connectivity index (χ1) is 13.7. The van der Waals surface area contributed by atoms with Crippen LogP contribution in [0.1, 0.15) is 34.8 Å². The molecule has 0 heterocycles. The van der Waals surface area contributed by atoms with Crippen molar-refractivity contribution in [2.45, 2.75) is 26.3 Å². The van der Waals surface area contributed by atoms with Gasteiger partial charge in [0.05, 0.1) is 7.11 Å². The summed E-state index contributed by atoms with van der Waals surface area (Å²) in [6, 6.07) is 15.7. The Balaban J connectivity index is 0.00000420. The van der Waals surface area contributed by atoms with Crippen LogP contribution in [0.15, 0.2) is 53.5 Å². The van der Waals surface area contributed by atoms with E-state index in [-0.39, 0.29) is 29.9 Å². The molecule has 0 aliphatic heterocycles. The van der Waals surface area contributed by atoms with Crippen molar-refractivity contribution in [1.82, 2.24) is 16.0 Å². The number of methoxy groups -OCH3 is 1. The molecule has 0 aliphatic carbocycles. The average Bonchev–Trinajstić information content (AvgIpc) is 2.75. The van der Waals surface area contributed by atoms with Gasteiger partial charge >= 0.3 is 0 Å². The smallest absolute Gasteiger partial charge is 0.251 e. The normalized spacial score (nSPS) is 10.7. The number of carbonyl (C=O) groups excluding carboxylic acids is 1. The molecule has 1 amide bonds. The Morgan fingerprint density at radius 1 is 1.00 bits per heavy atom. The third-order valence-electron chi connectivity index (χ3n) is 4.27.